The van der Waals surface area contributed by atoms with Crippen molar-refractivity contribution in [2.45, 2.75) is 78.0 Å². The summed E-state index contributed by atoms with van der Waals surface area (Å²) in [5.41, 5.74) is -0.470. The molecule has 1 unspecified atom stereocenters. The molecule has 1 fully saturated rings. The first-order chi connectivity index (χ1) is 12.7. The molecule has 0 aromatic carbocycles. The molecule has 0 radical (unpaired) electrons. The molecule has 0 aromatic heterocycles. The second kappa shape index (κ2) is 11.4. The van der Waals surface area contributed by atoms with Crippen molar-refractivity contribution in [2.75, 3.05) is 40.3 Å². The van der Waals surface area contributed by atoms with Gasteiger partial charge in [-0.1, -0.05) is 6.92 Å². The smallest absolute Gasteiger partial charge is 0.410 e. The number of aliphatic imine (C=N–C) groups is 1. The highest BCUT2D eigenvalue weighted by Crippen LogP contribution is 2.12. The average Bonchev–Trinajstić information content (AvgIpc) is 2.60. The van der Waals surface area contributed by atoms with Crippen molar-refractivity contribution in [3.63, 3.8) is 0 Å². The van der Waals surface area contributed by atoms with E-state index in [2.05, 4.69) is 27.4 Å². The Hall–Kier alpha value is -1.50. The topological polar surface area (TPSA) is 69.2 Å². The zero-order valence-electron chi connectivity index (χ0n) is 18.5. The summed E-state index contributed by atoms with van der Waals surface area (Å²) in [6.07, 6.45) is 4.07. The van der Waals surface area contributed by atoms with Gasteiger partial charge in [-0.2, -0.15) is 0 Å². The minimum atomic E-state index is -0.470. The maximum Gasteiger partial charge on any atom is 0.410 e. The average molecular weight is 384 g/mol. The monoisotopic (exact) mass is 383 g/mol. The van der Waals surface area contributed by atoms with Gasteiger partial charge in [0.1, 0.15) is 5.60 Å². The summed E-state index contributed by atoms with van der Waals surface area (Å²) in [6, 6.07) is 0.564. The highest BCUT2D eigenvalue weighted by atomic mass is 16.6. The number of hydrogen-bond donors (Lipinski definition) is 2. The van der Waals surface area contributed by atoms with Gasteiger partial charge in [0.05, 0.1) is 0 Å². The molecular weight excluding hydrogens is 342 g/mol. The van der Waals surface area contributed by atoms with Crippen molar-refractivity contribution in [1.29, 1.82) is 0 Å². The molecule has 1 aliphatic rings. The van der Waals surface area contributed by atoms with Gasteiger partial charge in [-0.25, -0.2) is 4.79 Å². The standard InChI is InChI=1S/C20H41N5O2/c1-8-13-25-14-10-17(11-15-25)23-18(21-6)22-12-9-16(2)24(7)19(26)27-20(3,4)5/h16-17H,8-15H2,1-7H3,(H2,21,22,23). The Labute approximate surface area is 165 Å². The van der Waals surface area contributed by atoms with E-state index in [0.717, 1.165) is 44.9 Å². The van der Waals surface area contributed by atoms with Crippen LogP contribution in [-0.2, 0) is 4.74 Å². The maximum atomic E-state index is 12.1. The van der Waals surface area contributed by atoms with Gasteiger partial charge >= 0.3 is 6.09 Å². The lowest BCUT2D eigenvalue weighted by Crippen LogP contribution is -2.49. The summed E-state index contributed by atoms with van der Waals surface area (Å²) >= 11 is 0. The van der Waals surface area contributed by atoms with Gasteiger partial charge in [0.2, 0.25) is 0 Å². The molecule has 27 heavy (non-hydrogen) atoms. The summed E-state index contributed by atoms with van der Waals surface area (Å²) < 4.78 is 5.42. The SMILES string of the molecule is CCCN1CCC(NC(=NC)NCCC(C)N(C)C(=O)OC(C)(C)C)CC1. The van der Waals surface area contributed by atoms with E-state index in [-0.39, 0.29) is 12.1 Å². The van der Waals surface area contributed by atoms with Gasteiger partial charge in [-0.15, -0.1) is 0 Å². The van der Waals surface area contributed by atoms with Crippen molar-refractivity contribution < 1.29 is 9.53 Å². The molecule has 1 rings (SSSR count). The first-order valence-corrected chi connectivity index (χ1v) is 10.3. The fourth-order valence-electron chi connectivity index (χ4n) is 3.11. The molecule has 7 heteroatoms. The molecule has 0 aromatic rings. The van der Waals surface area contributed by atoms with Gasteiger partial charge in [0.25, 0.3) is 0 Å². The van der Waals surface area contributed by atoms with E-state index >= 15 is 0 Å². The Morgan fingerprint density at radius 3 is 2.48 bits per heavy atom. The Kier molecular flexibility index (Phi) is 9.91. The summed E-state index contributed by atoms with van der Waals surface area (Å²) in [5, 5.41) is 6.90. The Bertz CT molecular complexity index is 467. The third-order valence-electron chi connectivity index (χ3n) is 4.89. The predicted octanol–water partition coefficient (Wildman–Crippen LogP) is 2.67. The van der Waals surface area contributed by atoms with E-state index in [1.54, 1.807) is 19.0 Å². The highest BCUT2D eigenvalue weighted by Gasteiger charge is 2.23. The number of rotatable bonds is 7. The number of ether oxygens (including phenoxy) is 1. The molecule has 7 nitrogen and oxygen atoms in total. The third-order valence-corrected chi connectivity index (χ3v) is 4.89. The van der Waals surface area contributed by atoms with Gasteiger partial charge in [-0.3, -0.25) is 4.99 Å². The first kappa shape index (κ1) is 23.5. The fraction of sp³-hybridized carbons (Fsp3) is 0.900. The normalized spacial score (nSPS) is 18.1. The molecule has 2 N–H and O–H groups in total. The Morgan fingerprint density at radius 1 is 1.33 bits per heavy atom. The van der Waals surface area contributed by atoms with Crippen molar-refractivity contribution >= 4 is 12.1 Å². The van der Waals surface area contributed by atoms with Crippen molar-refractivity contribution in [3.8, 4) is 0 Å². The number of nitrogens with one attached hydrogen (secondary N) is 2. The molecule has 0 spiro atoms. The number of amides is 1. The van der Waals surface area contributed by atoms with Crippen LogP contribution in [0.3, 0.4) is 0 Å². The lowest BCUT2D eigenvalue weighted by molar-refractivity contribution is 0.0230. The Morgan fingerprint density at radius 2 is 1.96 bits per heavy atom. The number of likely N-dealkylation sites (tertiary alicyclic amines) is 1. The summed E-state index contributed by atoms with van der Waals surface area (Å²) in [7, 11) is 3.59. The Balaban J connectivity index is 2.31. The van der Waals surface area contributed by atoms with Gasteiger partial charge in [0, 0.05) is 45.8 Å². The van der Waals surface area contributed by atoms with E-state index in [1.165, 1.54) is 13.0 Å². The second-order valence-corrected chi connectivity index (χ2v) is 8.49. The summed E-state index contributed by atoms with van der Waals surface area (Å²) in [5.74, 6) is 0.844. The van der Waals surface area contributed by atoms with Crippen molar-refractivity contribution in [1.82, 2.24) is 20.4 Å². The zero-order chi connectivity index (χ0) is 20.4. The van der Waals surface area contributed by atoms with Crippen LogP contribution in [0.15, 0.2) is 4.99 Å². The molecule has 0 bridgehead atoms. The molecular formula is C20H41N5O2. The summed E-state index contributed by atoms with van der Waals surface area (Å²) in [4.78, 5) is 20.7. The van der Waals surface area contributed by atoms with Crippen LogP contribution in [0.5, 0.6) is 0 Å². The zero-order valence-corrected chi connectivity index (χ0v) is 18.5. The van der Waals surface area contributed by atoms with Crippen molar-refractivity contribution in [2.24, 2.45) is 4.99 Å². The lowest BCUT2D eigenvalue weighted by atomic mass is 10.1. The fourth-order valence-corrected chi connectivity index (χ4v) is 3.11. The number of nitrogens with zero attached hydrogens (tertiary/aromatic N) is 3. The first-order valence-electron chi connectivity index (χ1n) is 10.3. The molecule has 158 valence electrons. The second-order valence-electron chi connectivity index (χ2n) is 8.49. The van der Waals surface area contributed by atoms with E-state index in [9.17, 15) is 4.79 Å². The van der Waals surface area contributed by atoms with E-state index < -0.39 is 5.60 Å². The lowest BCUT2D eigenvalue weighted by Gasteiger charge is -2.33. The van der Waals surface area contributed by atoms with Crippen LogP contribution in [-0.4, -0.2) is 79.8 Å². The van der Waals surface area contributed by atoms with E-state index in [0.29, 0.717) is 6.04 Å². The number of hydrogen-bond acceptors (Lipinski definition) is 4. The van der Waals surface area contributed by atoms with Crippen LogP contribution < -0.4 is 10.6 Å². The molecule has 1 amide bonds. The van der Waals surface area contributed by atoms with Crippen molar-refractivity contribution in [3.05, 3.63) is 0 Å². The molecule has 1 aliphatic heterocycles. The highest BCUT2D eigenvalue weighted by molar-refractivity contribution is 5.79. The van der Waals surface area contributed by atoms with Crippen LogP contribution >= 0.6 is 0 Å². The number of guanidine groups is 1. The molecule has 0 saturated carbocycles. The van der Waals surface area contributed by atoms with Gasteiger partial charge in [0.15, 0.2) is 5.96 Å². The van der Waals surface area contributed by atoms with Crippen LogP contribution in [0.4, 0.5) is 4.79 Å². The number of carbonyl (C=O) groups is 1. The maximum absolute atomic E-state index is 12.1. The minimum Gasteiger partial charge on any atom is -0.444 e. The van der Waals surface area contributed by atoms with Gasteiger partial charge in [-0.05, 0) is 59.9 Å². The van der Waals surface area contributed by atoms with E-state index in [4.69, 9.17) is 4.74 Å². The number of carbonyl (C=O) groups excluding carboxylic acids is 1. The predicted molar refractivity (Wildman–Crippen MR) is 112 cm³/mol. The quantitative estimate of drug-likeness (QED) is 0.522. The summed E-state index contributed by atoms with van der Waals surface area (Å²) in [6.45, 7) is 14.2. The largest absolute Gasteiger partial charge is 0.444 e. The molecule has 0 aliphatic carbocycles. The van der Waals surface area contributed by atoms with Crippen LogP contribution in [0.2, 0.25) is 0 Å². The van der Waals surface area contributed by atoms with Crippen LogP contribution in [0.1, 0.15) is 60.3 Å². The minimum absolute atomic E-state index is 0.0859. The molecule has 1 atom stereocenters. The van der Waals surface area contributed by atoms with Gasteiger partial charge < -0.3 is 25.2 Å². The number of piperidine rings is 1. The third kappa shape index (κ3) is 9.31. The van der Waals surface area contributed by atoms with E-state index in [1.807, 2.05) is 27.7 Å². The van der Waals surface area contributed by atoms with Crippen LogP contribution in [0.25, 0.3) is 0 Å². The molecule has 1 heterocycles. The molecule has 1 saturated heterocycles. The van der Waals surface area contributed by atoms with Crippen LogP contribution in [0, 0.1) is 0 Å².